The molecule has 104 valence electrons. The Kier molecular flexibility index (Phi) is 3.47. The van der Waals surface area contributed by atoms with Crippen molar-refractivity contribution in [1.82, 2.24) is 9.97 Å². The number of ether oxygens (including phenoxy) is 1. The SMILES string of the molecule is Nc1cncc(N2CC(OCc3ccccc3F)C2)n1. The van der Waals surface area contributed by atoms with Gasteiger partial charge in [-0.1, -0.05) is 18.2 Å². The Morgan fingerprint density at radius 1 is 1.30 bits per heavy atom. The molecule has 2 heterocycles. The maximum Gasteiger partial charge on any atom is 0.149 e. The number of benzene rings is 1. The minimum atomic E-state index is -0.231. The van der Waals surface area contributed by atoms with Crippen LogP contribution in [-0.4, -0.2) is 29.2 Å². The standard InChI is InChI=1S/C14H15FN4O/c15-12-4-2-1-3-10(12)9-20-11-7-19(8-11)14-6-17-5-13(16)18-14/h1-6,11H,7-9H2,(H2,16,18). The summed E-state index contributed by atoms with van der Waals surface area (Å²) >= 11 is 0. The zero-order chi connectivity index (χ0) is 13.9. The van der Waals surface area contributed by atoms with Gasteiger partial charge in [-0.05, 0) is 6.07 Å². The average molecular weight is 274 g/mol. The quantitative estimate of drug-likeness (QED) is 0.917. The average Bonchev–Trinajstić information content (AvgIpc) is 2.39. The summed E-state index contributed by atoms with van der Waals surface area (Å²) in [7, 11) is 0. The number of nitrogens with zero attached hydrogens (tertiary/aromatic N) is 3. The highest BCUT2D eigenvalue weighted by atomic mass is 19.1. The zero-order valence-electron chi connectivity index (χ0n) is 10.9. The highest BCUT2D eigenvalue weighted by Crippen LogP contribution is 2.21. The molecule has 1 aromatic heterocycles. The lowest BCUT2D eigenvalue weighted by Crippen LogP contribution is -2.52. The predicted octanol–water partition coefficient (Wildman–Crippen LogP) is 1.60. The molecule has 0 radical (unpaired) electrons. The van der Waals surface area contributed by atoms with Crippen molar-refractivity contribution in [3.8, 4) is 0 Å². The van der Waals surface area contributed by atoms with Crippen LogP contribution in [0, 0.1) is 5.82 Å². The Balaban J connectivity index is 1.50. The summed E-state index contributed by atoms with van der Waals surface area (Å²) in [5, 5.41) is 0. The number of hydrogen-bond acceptors (Lipinski definition) is 5. The smallest absolute Gasteiger partial charge is 0.149 e. The molecule has 3 rings (SSSR count). The van der Waals surface area contributed by atoms with Crippen LogP contribution in [0.15, 0.2) is 36.7 Å². The molecule has 0 amide bonds. The van der Waals surface area contributed by atoms with Gasteiger partial charge in [0.15, 0.2) is 0 Å². The van der Waals surface area contributed by atoms with E-state index in [9.17, 15) is 4.39 Å². The maximum absolute atomic E-state index is 13.4. The molecular weight excluding hydrogens is 259 g/mol. The molecule has 0 unspecified atom stereocenters. The van der Waals surface area contributed by atoms with Crippen LogP contribution in [0.5, 0.6) is 0 Å². The van der Waals surface area contributed by atoms with Gasteiger partial charge in [-0.15, -0.1) is 0 Å². The number of aromatic nitrogens is 2. The van der Waals surface area contributed by atoms with Crippen LogP contribution in [0.3, 0.4) is 0 Å². The Morgan fingerprint density at radius 2 is 2.10 bits per heavy atom. The number of nitrogen functional groups attached to an aromatic ring is 1. The van der Waals surface area contributed by atoms with Crippen LogP contribution >= 0.6 is 0 Å². The van der Waals surface area contributed by atoms with E-state index in [2.05, 4.69) is 9.97 Å². The van der Waals surface area contributed by atoms with Gasteiger partial charge in [-0.25, -0.2) is 9.37 Å². The van der Waals surface area contributed by atoms with Gasteiger partial charge in [0.1, 0.15) is 17.5 Å². The van der Waals surface area contributed by atoms with Crippen LogP contribution in [0.1, 0.15) is 5.56 Å². The van der Waals surface area contributed by atoms with Crippen LogP contribution in [0.4, 0.5) is 16.0 Å². The third kappa shape index (κ3) is 2.70. The molecule has 0 atom stereocenters. The number of rotatable bonds is 4. The highest BCUT2D eigenvalue weighted by Gasteiger charge is 2.28. The molecule has 6 heteroatoms. The monoisotopic (exact) mass is 274 g/mol. The van der Waals surface area contributed by atoms with Crippen LogP contribution in [-0.2, 0) is 11.3 Å². The number of hydrogen-bond donors (Lipinski definition) is 1. The molecule has 1 fully saturated rings. The second-order valence-electron chi connectivity index (χ2n) is 4.73. The van der Waals surface area contributed by atoms with E-state index in [1.807, 2.05) is 4.90 Å². The summed E-state index contributed by atoms with van der Waals surface area (Å²) in [6.45, 7) is 1.72. The van der Waals surface area contributed by atoms with Gasteiger partial charge in [0.25, 0.3) is 0 Å². The lowest BCUT2D eigenvalue weighted by molar-refractivity contribution is 0.0207. The molecule has 0 saturated carbocycles. The van der Waals surface area contributed by atoms with E-state index in [-0.39, 0.29) is 18.5 Å². The molecule has 20 heavy (non-hydrogen) atoms. The van der Waals surface area contributed by atoms with Crippen LogP contribution < -0.4 is 10.6 Å². The van der Waals surface area contributed by atoms with Gasteiger partial charge < -0.3 is 15.4 Å². The molecule has 0 spiro atoms. The van der Waals surface area contributed by atoms with E-state index >= 15 is 0 Å². The summed E-state index contributed by atoms with van der Waals surface area (Å²) in [6.07, 6.45) is 3.26. The summed E-state index contributed by atoms with van der Waals surface area (Å²) in [6, 6.07) is 6.64. The lowest BCUT2D eigenvalue weighted by atomic mass is 10.1. The van der Waals surface area contributed by atoms with Gasteiger partial charge in [-0.2, -0.15) is 0 Å². The molecule has 1 aliphatic rings. The van der Waals surface area contributed by atoms with Crippen molar-refractivity contribution < 1.29 is 9.13 Å². The number of nitrogens with two attached hydrogens (primary N) is 1. The minimum absolute atomic E-state index is 0.0813. The van der Waals surface area contributed by atoms with Crippen molar-refractivity contribution in [1.29, 1.82) is 0 Å². The molecular formula is C14H15FN4O. The Morgan fingerprint density at radius 3 is 2.85 bits per heavy atom. The second kappa shape index (κ2) is 5.42. The first kappa shape index (κ1) is 12.8. The first-order valence-electron chi connectivity index (χ1n) is 6.40. The van der Waals surface area contributed by atoms with E-state index in [1.165, 1.54) is 12.3 Å². The third-order valence-corrected chi connectivity index (χ3v) is 3.24. The molecule has 1 aromatic carbocycles. The lowest BCUT2D eigenvalue weighted by Gasteiger charge is -2.39. The van der Waals surface area contributed by atoms with Crippen LogP contribution in [0.2, 0.25) is 0 Å². The molecule has 0 bridgehead atoms. The normalized spacial score (nSPS) is 15.2. The van der Waals surface area contributed by atoms with Gasteiger partial charge in [0.2, 0.25) is 0 Å². The summed E-state index contributed by atoms with van der Waals surface area (Å²) in [4.78, 5) is 10.2. The van der Waals surface area contributed by atoms with Crippen LogP contribution in [0.25, 0.3) is 0 Å². The van der Waals surface area contributed by atoms with Gasteiger partial charge >= 0.3 is 0 Å². The Labute approximate surface area is 116 Å². The molecule has 5 nitrogen and oxygen atoms in total. The van der Waals surface area contributed by atoms with E-state index in [1.54, 1.807) is 24.4 Å². The molecule has 1 saturated heterocycles. The second-order valence-corrected chi connectivity index (χ2v) is 4.73. The van der Waals surface area contributed by atoms with Crippen molar-refractivity contribution in [2.45, 2.75) is 12.7 Å². The van der Waals surface area contributed by atoms with Gasteiger partial charge in [0, 0.05) is 18.7 Å². The van der Waals surface area contributed by atoms with Crippen molar-refractivity contribution >= 4 is 11.6 Å². The van der Waals surface area contributed by atoms with Gasteiger partial charge in [-0.3, -0.25) is 4.98 Å². The fraction of sp³-hybridized carbons (Fsp3) is 0.286. The fourth-order valence-corrected chi connectivity index (χ4v) is 2.08. The van der Waals surface area contributed by atoms with Gasteiger partial charge in [0.05, 0.1) is 25.1 Å². The molecule has 0 aliphatic carbocycles. The van der Waals surface area contributed by atoms with E-state index in [0.29, 0.717) is 24.5 Å². The van der Waals surface area contributed by atoms with Crippen molar-refractivity contribution in [2.24, 2.45) is 0 Å². The first-order chi connectivity index (χ1) is 9.72. The van der Waals surface area contributed by atoms with E-state index in [4.69, 9.17) is 10.5 Å². The molecule has 2 aromatic rings. The first-order valence-corrected chi connectivity index (χ1v) is 6.40. The summed E-state index contributed by atoms with van der Waals surface area (Å²) in [5.74, 6) is 0.916. The molecule has 2 N–H and O–H groups in total. The van der Waals surface area contributed by atoms with Crippen molar-refractivity contribution in [3.63, 3.8) is 0 Å². The van der Waals surface area contributed by atoms with Crippen molar-refractivity contribution in [3.05, 3.63) is 48.0 Å². The minimum Gasteiger partial charge on any atom is -0.382 e. The third-order valence-electron chi connectivity index (χ3n) is 3.24. The maximum atomic E-state index is 13.4. The number of halogens is 1. The van der Waals surface area contributed by atoms with Crippen molar-refractivity contribution in [2.75, 3.05) is 23.7 Å². The fourth-order valence-electron chi connectivity index (χ4n) is 2.08. The predicted molar refractivity (Wildman–Crippen MR) is 73.6 cm³/mol. The molecule has 1 aliphatic heterocycles. The number of anilines is 2. The largest absolute Gasteiger partial charge is 0.382 e. The Bertz CT molecular complexity index is 601. The highest BCUT2D eigenvalue weighted by molar-refractivity contribution is 5.44. The zero-order valence-corrected chi connectivity index (χ0v) is 10.9. The van der Waals surface area contributed by atoms with E-state index in [0.717, 1.165) is 5.82 Å². The topological polar surface area (TPSA) is 64.3 Å². The Hall–Kier alpha value is -2.21. The summed E-state index contributed by atoms with van der Waals surface area (Å²) < 4.78 is 19.1. The summed E-state index contributed by atoms with van der Waals surface area (Å²) in [5.41, 5.74) is 6.17. The van der Waals surface area contributed by atoms with E-state index < -0.39 is 0 Å².